The number of nitrogens with one attached hydrogen (secondary N) is 1. The van der Waals surface area contributed by atoms with Crippen LogP contribution in [0.4, 0.5) is 11.6 Å². The van der Waals surface area contributed by atoms with Gasteiger partial charge in [-0.1, -0.05) is 41.1 Å². The molecule has 4 rings (SSSR count). The molecule has 1 aliphatic heterocycles. The maximum absolute atomic E-state index is 12.4. The quantitative estimate of drug-likeness (QED) is 0.473. The van der Waals surface area contributed by atoms with Crippen LogP contribution in [0.5, 0.6) is 0 Å². The van der Waals surface area contributed by atoms with E-state index < -0.39 is 0 Å². The molecule has 0 bridgehead atoms. The molecule has 2 aromatic heterocycles. The number of carbonyl (C=O) groups excluding carboxylic acids is 1. The van der Waals surface area contributed by atoms with Crippen molar-refractivity contribution in [2.75, 3.05) is 29.1 Å². The first-order chi connectivity index (χ1) is 14.1. The van der Waals surface area contributed by atoms with Gasteiger partial charge in [-0.25, -0.2) is 4.98 Å². The van der Waals surface area contributed by atoms with Crippen LogP contribution in [0.25, 0.3) is 5.69 Å². The summed E-state index contributed by atoms with van der Waals surface area (Å²) in [6.07, 6.45) is 3.88. The molecule has 0 saturated carbocycles. The molecule has 0 spiro atoms. The Hall–Kier alpha value is -2.58. The number of halogens is 1. The summed E-state index contributed by atoms with van der Waals surface area (Å²) in [4.78, 5) is 18.6. The van der Waals surface area contributed by atoms with E-state index in [1.807, 2.05) is 4.57 Å². The summed E-state index contributed by atoms with van der Waals surface area (Å²) in [5, 5.41) is 12.5. The van der Waals surface area contributed by atoms with Crippen molar-refractivity contribution in [2.24, 2.45) is 0 Å². The Morgan fingerprint density at radius 1 is 1.17 bits per heavy atom. The third kappa shape index (κ3) is 4.54. The van der Waals surface area contributed by atoms with Crippen LogP contribution in [0.1, 0.15) is 18.4 Å². The molecule has 0 radical (unpaired) electrons. The summed E-state index contributed by atoms with van der Waals surface area (Å²) in [6.45, 7) is 3.99. The summed E-state index contributed by atoms with van der Waals surface area (Å²) in [5.74, 6) is 0.838. The minimum absolute atomic E-state index is 0.175. The molecule has 9 heteroatoms. The lowest BCUT2D eigenvalue weighted by Gasteiger charge is -2.18. The molecular weight excluding hydrogens is 408 g/mol. The number of anilines is 2. The molecule has 29 heavy (non-hydrogen) atoms. The SMILES string of the molecule is Cc1ccc(-n2c(SCC(=O)Nc3cccnc3Cl)nnc2N2CCCC2)cc1. The van der Waals surface area contributed by atoms with Crippen molar-refractivity contribution in [3.8, 4) is 5.69 Å². The number of nitrogens with zero attached hydrogens (tertiary/aromatic N) is 5. The number of benzene rings is 1. The Morgan fingerprint density at radius 3 is 2.66 bits per heavy atom. The van der Waals surface area contributed by atoms with E-state index in [2.05, 4.69) is 56.6 Å². The van der Waals surface area contributed by atoms with Crippen molar-refractivity contribution < 1.29 is 4.79 Å². The lowest BCUT2D eigenvalue weighted by atomic mass is 10.2. The van der Waals surface area contributed by atoms with Gasteiger partial charge in [0.25, 0.3) is 0 Å². The van der Waals surface area contributed by atoms with E-state index in [4.69, 9.17) is 11.6 Å². The maximum Gasteiger partial charge on any atom is 0.234 e. The zero-order valence-corrected chi connectivity index (χ0v) is 17.6. The summed E-state index contributed by atoms with van der Waals surface area (Å²) >= 11 is 7.36. The number of aromatic nitrogens is 4. The van der Waals surface area contributed by atoms with E-state index in [-0.39, 0.29) is 16.8 Å². The smallest absolute Gasteiger partial charge is 0.234 e. The van der Waals surface area contributed by atoms with Crippen molar-refractivity contribution in [3.05, 3.63) is 53.3 Å². The number of hydrogen-bond acceptors (Lipinski definition) is 6. The number of aryl methyl sites for hydroxylation is 1. The summed E-state index contributed by atoms with van der Waals surface area (Å²) < 4.78 is 2.03. The second-order valence-electron chi connectivity index (χ2n) is 6.83. The second kappa shape index (κ2) is 8.84. The van der Waals surface area contributed by atoms with Crippen LogP contribution in [0.3, 0.4) is 0 Å². The van der Waals surface area contributed by atoms with Gasteiger partial charge < -0.3 is 10.2 Å². The molecular formula is C20H21ClN6OS. The average Bonchev–Trinajstić information content (AvgIpc) is 3.38. The highest BCUT2D eigenvalue weighted by Gasteiger charge is 2.23. The fourth-order valence-corrected chi connectivity index (χ4v) is 4.11. The van der Waals surface area contributed by atoms with Gasteiger partial charge in [-0.2, -0.15) is 0 Å². The first-order valence-electron chi connectivity index (χ1n) is 9.42. The number of hydrogen-bond donors (Lipinski definition) is 1. The van der Waals surface area contributed by atoms with E-state index >= 15 is 0 Å². The third-order valence-electron chi connectivity index (χ3n) is 4.66. The van der Waals surface area contributed by atoms with Gasteiger partial charge in [-0.3, -0.25) is 9.36 Å². The summed E-state index contributed by atoms with van der Waals surface area (Å²) in [5.41, 5.74) is 2.67. The van der Waals surface area contributed by atoms with E-state index in [1.54, 1.807) is 18.3 Å². The highest BCUT2D eigenvalue weighted by molar-refractivity contribution is 7.99. The highest BCUT2D eigenvalue weighted by Crippen LogP contribution is 2.29. The standard InChI is InChI=1S/C20H21ClN6OS/c1-14-6-8-15(9-7-14)27-19(26-11-2-3-12-26)24-25-20(27)29-13-17(28)23-16-5-4-10-22-18(16)21/h4-10H,2-3,11-13H2,1H3,(H,23,28). The van der Waals surface area contributed by atoms with Crippen molar-refractivity contribution in [3.63, 3.8) is 0 Å². The highest BCUT2D eigenvalue weighted by atomic mass is 35.5. The molecule has 1 fully saturated rings. The Morgan fingerprint density at radius 2 is 1.93 bits per heavy atom. The number of carbonyl (C=O) groups is 1. The van der Waals surface area contributed by atoms with Crippen molar-refractivity contribution >= 4 is 40.9 Å². The minimum atomic E-state index is -0.175. The Labute approximate surface area is 178 Å². The van der Waals surface area contributed by atoms with Crippen LogP contribution in [0, 0.1) is 6.92 Å². The van der Waals surface area contributed by atoms with Crippen LogP contribution in [0.2, 0.25) is 5.15 Å². The molecule has 3 heterocycles. The molecule has 1 N–H and O–H groups in total. The zero-order valence-electron chi connectivity index (χ0n) is 16.0. The molecule has 1 aliphatic rings. The van der Waals surface area contributed by atoms with Crippen LogP contribution in [-0.2, 0) is 4.79 Å². The molecule has 7 nitrogen and oxygen atoms in total. The van der Waals surface area contributed by atoms with Crippen LogP contribution in [-0.4, -0.2) is 44.5 Å². The van der Waals surface area contributed by atoms with Gasteiger partial charge in [0.05, 0.1) is 17.1 Å². The monoisotopic (exact) mass is 428 g/mol. The first kappa shape index (κ1) is 19.7. The zero-order chi connectivity index (χ0) is 20.2. The molecule has 1 amide bonds. The van der Waals surface area contributed by atoms with Gasteiger partial charge in [0, 0.05) is 19.3 Å². The largest absolute Gasteiger partial charge is 0.341 e. The van der Waals surface area contributed by atoms with Crippen LogP contribution < -0.4 is 10.2 Å². The predicted octanol–water partition coefficient (Wildman–Crippen LogP) is 3.96. The lowest BCUT2D eigenvalue weighted by molar-refractivity contribution is -0.113. The molecule has 0 atom stereocenters. The van der Waals surface area contributed by atoms with Crippen LogP contribution in [0.15, 0.2) is 47.8 Å². The van der Waals surface area contributed by atoms with Crippen LogP contribution >= 0.6 is 23.4 Å². The van der Waals surface area contributed by atoms with E-state index in [0.717, 1.165) is 37.6 Å². The minimum Gasteiger partial charge on any atom is -0.341 e. The average molecular weight is 429 g/mol. The molecule has 3 aromatic rings. The maximum atomic E-state index is 12.4. The van der Waals surface area contributed by atoms with Gasteiger partial charge in [0.1, 0.15) is 0 Å². The van der Waals surface area contributed by atoms with E-state index in [9.17, 15) is 4.79 Å². The number of thioether (sulfide) groups is 1. The molecule has 150 valence electrons. The Balaban J connectivity index is 1.54. The fraction of sp³-hybridized carbons (Fsp3) is 0.300. The van der Waals surface area contributed by atoms with Gasteiger partial charge in [-0.05, 0) is 44.0 Å². The van der Waals surface area contributed by atoms with Crippen molar-refractivity contribution in [2.45, 2.75) is 24.9 Å². The molecule has 1 saturated heterocycles. The topological polar surface area (TPSA) is 75.9 Å². The Bertz CT molecular complexity index is 1000. The van der Waals surface area contributed by atoms with Gasteiger partial charge in [-0.15, -0.1) is 10.2 Å². The lowest BCUT2D eigenvalue weighted by Crippen LogP contribution is -2.22. The van der Waals surface area contributed by atoms with Gasteiger partial charge >= 0.3 is 0 Å². The first-order valence-corrected chi connectivity index (χ1v) is 10.8. The van der Waals surface area contributed by atoms with E-state index in [1.165, 1.54) is 17.3 Å². The Kier molecular flexibility index (Phi) is 6.01. The molecule has 0 unspecified atom stereocenters. The molecule has 1 aromatic carbocycles. The summed E-state index contributed by atoms with van der Waals surface area (Å²) in [6, 6.07) is 11.7. The number of pyridine rings is 1. The fourth-order valence-electron chi connectivity index (χ4n) is 3.19. The molecule has 0 aliphatic carbocycles. The summed E-state index contributed by atoms with van der Waals surface area (Å²) in [7, 11) is 0. The third-order valence-corrected chi connectivity index (χ3v) is 5.89. The predicted molar refractivity (Wildman–Crippen MR) is 116 cm³/mol. The number of rotatable bonds is 6. The number of amides is 1. The van der Waals surface area contributed by atoms with E-state index in [0.29, 0.717) is 10.8 Å². The second-order valence-corrected chi connectivity index (χ2v) is 8.13. The van der Waals surface area contributed by atoms with Gasteiger partial charge in [0.2, 0.25) is 11.9 Å². The van der Waals surface area contributed by atoms with Crippen molar-refractivity contribution in [1.82, 2.24) is 19.7 Å². The van der Waals surface area contributed by atoms with Gasteiger partial charge in [0.15, 0.2) is 10.3 Å². The normalized spacial score (nSPS) is 13.7. The van der Waals surface area contributed by atoms with Crippen molar-refractivity contribution in [1.29, 1.82) is 0 Å².